The molecular weight excluding hydrogens is 294 g/mol. The van der Waals surface area contributed by atoms with Crippen molar-refractivity contribution in [1.82, 2.24) is 0 Å². The molecule has 0 aromatic heterocycles. The number of hydrogen-bond donors (Lipinski definition) is 3. The Labute approximate surface area is 115 Å². The molecular formula is C13H18BrN3O. The molecule has 2 unspecified atom stereocenters. The molecule has 5 N–H and O–H groups in total. The summed E-state index contributed by atoms with van der Waals surface area (Å²) in [5.41, 5.74) is 12.5. The Kier molecular flexibility index (Phi) is 4.24. The average molecular weight is 312 g/mol. The van der Waals surface area contributed by atoms with Gasteiger partial charge in [-0.15, -0.1) is 0 Å². The van der Waals surface area contributed by atoms with E-state index in [2.05, 4.69) is 21.2 Å². The maximum Gasteiger partial charge on any atom is 0.251 e. The van der Waals surface area contributed by atoms with Crippen LogP contribution in [0.3, 0.4) is 0 Å². The standard InChI is InChI=1S/C13H18BrN3O/c14-9-4-2-6-11(12(9)13(16)18)17-10-5-1-3-8(10)7-15/h2,4,6,8,10,17H,1,3,5,7,15H2,(H2,16,18). The number of amides is 1. The molecule has 2 rings (SSSR count). The van der Waals surface area contributed by atoms with Gasteiger partial charge in [0.2, 0.25) is 0 Å². The SMILES string of the molecule is NCC1CCCC1Nc1cccc(Br)c1C(N)=O. The van der Waals surface area contributed by atoms with Crippen molar-refractivity contribution in [3.63, 3.8) is 0 Å². The van der Waals surface area contributed by atoms with E-state index in [9.17, 15) is 4.79 Å². The minimum absolute atomic E-state index is 0.336. The molecule has 0 radical (unpaired) electrons. The van der Waals surface area contributed by atoms with E-state index in [1.165, 1.54) is 6.42 Å². The summed E-state index contributed by atoms with van der Waals surface area (Å²) in [6.45, 7) is 0.678. The molecule has 1 amide bonds. The van der Waals surface area contributed by atoms with Gasteiger partial charge in [-0.3, -0.25) is 4.79 Å². The fourth-order valence-corrected chi connectivity index (χ4v) is 3.17. The van der Waals surface area contributed by atoms with Crippen molar-refractivity contribution >= 4 is 27.5 Å². The van der Waals surface area contributed by atoms with Gasteiger partial charge in [-0.1, -0.05) is 12.5 Å². The van der Waals surface area contributed by atoms with Crippen LogP contribution < -0.4 is 16.8 Å². The number of benzene rings is 1. The van der Waals surface area contributed by atoms with Gasteiger partial charge in [0, 0.05) is 16.2 Å². The molecule has 98 valence electrons. The summed E-state index contributed by atoms with van der Waals surface area (Å²) < 4.78 is 0.724. The molecule has 18 heavy (non-hydrogen) atoms. The Bertz CT molecular complexity index is 450. The van der Waals surface area contributed by atoms with E-state index in [1.807, 2.05) is 18.2 Å². The second-order valence-electron chi connectivity index (χ2n) is 4.70. The maximum absolute atomic E-state index is 11.5. The Balaban J connectivity index is 2.23. The number of carbonyl (C=O) groups excluding carboxylic acids is 1. The zero-order valence-electron chi connectivity index (χ0n) is 10.2. The molecule has 1 aliphatic carbocycles. The van der Waals surface area contributed by atoms with Crippen molar-refractivity contribution in [3.05, 3.63) is 28.2 Å². The second-order valence-corrected chi connectivity index (χ2v) is 5.56. The summed E-state index contributed by atoms with van der Waals surface area (Å²) in [6.07, 6.45) is 3.42. The summed E-state index contributed by atoms with van der Waals surface area (Å²) in [5.74, 6) is 0.0528. The van der Waals surface area contributed by atoms with E-state index in [0.29, 0.717) is 24.1 Å². The number of anilines is 1. The summed E-state index contributed by atoms with van der Waals surface area (Å²) >= 11 is 3.36. The van der Waals surface area contributed by atoms with Crippen LogP contribution in [0, 0.1) is 5.92 Å². The van der Waals surface area contributed by atoms with E-state index in [1.54, 1.807) is 0 Å². The topological polar surface area (TPSA) is 81.1 Å². The number of nitrogens with one attached hydrogen (secondary N) is 1. The van der Waals surface area contributed by atoms with Crippen molar-refractivity contribution < 1.29 is 4.79 Å². The van der Waals surface area contributed by atoms with E-state index < -0.39 is 5.91 Å². The van der Waals surface area contributed by atoms with Crippen molar-refractivity contribution in [2.24, 2.45) is 17.4 Å². The first kappa shape index (κ1) is 13.4. The first-order chi connectivity index (χ1) is 8.63. The van der Waals surface area contributed by atoms with Gasteiger partial charge in [0.1, 0.15) is 0 Å². The fraction of sp³-hybridized carbons (Fsp3) is 0.462. The molecule has 2 atom stereocenters. The highest BCUT2D eigenvalue weighted by Gasteiger charge is 2.27. The highest BCUT2D eigenvalue weighted by atomic mass is 79.9. The molecule has 5 heteroatoms. The van der Waals surface area contributed by atoms with Crippen molar-refractivity contribution in [1.29, 1.82) is 0 Å². The lowest BCUT2D eigenvalue weighted by atomic mass is 10.0. The molecule has 0 heterocycles. The highest BCUT2D eigenvalue weighted by molar-refractivity contribution is 9.10. The molecule has 1 aliphatic rings. The Hall–Kier alpha value is -1.07. The average Bonchev–Trinajstić information content (AvgIpc) is 2.76. The smallest absolute Gasteiger partial charge is 0.251 e. The predicted octanol–water partition coefficient (Wildman–Crippen LogP) is 2.09. The summed E-state index contributed by atoms with van der Waals surface area (Å²) in [7, 11) is 0. The Morgan fingerprint density at radius 2 is 2.22 bits per heavy atom. The second kappa shape index (κ2) is 5.71. The van der Waals surface area contributed by atoms with Gasteiger partial charge in [0.15, 0.2) is 0 Å². The van der Waals surface area contributed by atoms with Crippen LogP contribution in [0.25, 0.3) is 0 Å². The third-order valence-electron chi connectivity index (χ3n) is 3.56. The largest absolute Gasteiger partial charge is 0.381 e. The number of carbonyl (C=O) groups is 1. The minimum atomic E-state index is -0.424. The normalized spacial score (nSPS) is 23.0. The van der Waals surface area contributed by atoms with E-state index in [-0.39, 0.29) is 0 Å². The quantitative estimate of drug-likeness (QED) is 0.796. The monoisotopic (exact) mass is 311 g/mol. The van der Waals surface area contributed by atoms with Crippen LogP contribution in [-0.2, 0) is 0 Å². The lowest BCUT2D eigenvalue weighted by Crippen LogP contribution is -2.30. The van der Waals surface area contributed by atoms with Crippen LogP contribution in [0.15, 0.2) is 22.7 Å². The van der Waals surface area contributed by atoms with Crippen LogP contribution in [0.1, 0.15) is 29.6 Å². The number of primary amides is 1. The van der Waals surface area contributed by atoms with E-state index >= 15 is 0 Å². The van der Waals surface area contributed by atoms with Crippen LogP contribution in [-0.4, -0.2) is 18.5 Å². The van der Waals surface area contributed by atoms with Gasteiger partial charge in [0.05, 0.1) is 5.56 Å². The number of hydrogen-bond acceptors (Lipinski definition) is 3. The fourth-order valence-electron chi connectivity index (χ4n) is 2.60. The summed E-state index contributed by atoms with van der Waals surface area (Å²) in [5, 5.41) is 3.42. The third-order valence-corrected chi connectivity index (χ3v) is 4.22. The molecule has 1 aromatic carbocycles. The molecule has 1 saturated carbocycles. The van der Waals surface area contributed by atoms with E-state index in [4.69, 9.17) is 11.5 Å². The summed E-state index contributed by atoms with van der Waals surface area (Å²) in [6, 6.07) is 5.94. The number of halogens is 1. The zero-order chi connectivity index (χ0) is 13.1. The van der Waals surface area contributed by atoms with Crippen LogP contribution in [0.2, 0.25) is 0 Å². The van der Waals surface area contributed by atoms with Crippen molar-refractivity contribution in [3.8, 4) is 0 Å². The number of rotatable bonds is 4. The highest BCUT2D eigenvalue weighted by Crippen LogP contribution is 2.31. The Morgan fingerprint density at radius 3 is 2.89 bits per heavy atom. The van der Waals surface area contributed by atoms with Gasteiger partial charge < -0.3 is 16.8 Å². The van der Waals surface area contributed by atoms with E-state index in [0.717, 1.165) is 23.0 Å². The first-order valence-corrected chi connectivity index (χ1v) is 6.97. The zero-order valence-corrected chi connectivity index (χ0v) is 11.7. The Morgan fingerprint density at radius 1 is 1.44 bits per heavy atom. The van der Waals surface area contributed by atoms with Crippen molar-refractivity contribution in [2.75, 3.05) is 11.9 Å². The third kappa shape index (κ3) is 2.67. The number of nitrogens with two attached hydrogens (primary N) is 2. The molecule has 1 aromatic rings. The lowest BCUT2D eigenvalue weighted by Gasteiger charge is -2.22. The van der Waals surface area contributed by atoms with Crippen LogP contribution in [0.4, 0.5) is 5.69 Å². The molecule has 0 bridgehead atoms. The van der Waals surface area contributed by atoms with Crippen LogP contribution in [0.5, 0.6) is 0 Å². The molecule has 0 spiro atoms. The van der Waals surface area contributed by atoms with Gasteiger partial charge in [0.25, 0.3) is 5.91 Å². The van der Waals surface area contributed by atoms with Gasteiger partial charge in [-0.05, 0) is 53.4 Å². The first-order valence-electron chi connectivity index (χ1n) is 6.18. The van der Waals surface area contributed by atoms with Gasteiger partial charge >= 0.3 is 0 Å². The lowest BCUT2D eigenvalue weighted by molar-refractivity contribution is 0.100. The molecule has 1 fully saturated rings. The van der Waals surface area contributed by atoms with Crippen LogP contribution >= 0.6 is 15.9 Å². The van der Waals surface area contributed by atoms with Crippen molar-refractivity contribution in [2.45, 2.75) is 25.3 Å². The van der Waals surface area contributed by atoms with Gasteiger partial charge in [-0.2, -0.15) is 0 Å². The van der Waals surface area contributed by atoms with Gasteiger partial charge in [-0.25, -0.2) is 0 Å². The molecule has 4 nitrogen and oxygen atoms in total. The molecule has 0 saturated heterocycles. The maximum atomic E-state index is 11.5. The molecule has 0 aliphatic heterocycles. The predicted molar refractivity (Wildman–Crippen MR) is 76.5 cm³/mol. The minimum Gasteiger partial charge on any atom is -0.381 e. The summed E-state index contributed by atoms with van der Waals surface area (Å²) in [4.78, 5) is 11.5.